The summed E-state index contributed by atoms with van der Waals surface area (Å²) < 4.78 is 0. The molecule has 114 valence electrons. The minimum Gasteiger partial charge on any atom is -0.393 e. The number of carbonyl (C=O) groups is 1. The van der Waals surface area contributed by atoms with Crippen molar-refractivity contribution in [3.05, 3.63) is 60.2 Å². The summed E-state index contributed by atoms with van der Waals surface area (Å²) in [6.45, 7) is 0. The first kappa shape index (κ1) is 14.8. The number of aliphatic hydroxyl groups excluding tert-OH is 1. The first-order chi connectivity index (χ1) is 10.7. The highest BCUT2D eigenvalue weighted by molar-refractivity contribution is 6.01. The fraction of sp³-hybridized carbons (Fsp3) is 0.316. The lowest BCUT2D eigenvalue weighted by atomic mass is 9.92. The average Bonchev–Trinajstić information content (AvgIpc) is 2.58. The SMILES string of the molecule is O=C(NC1CCC(O)CC1)c1ccccc1-c1ccccc1. The molecule has 0 spiro atoms. The third-order valence-corrected chi connectivity index (χ3v) is 4.29. The van der Waals surface area contributed by atoms with Gasteiger partial charge in [-0.1, -0.05) is 48.5 Å². The highest BCUT2D eigenvalue weighted by Gasteiger charge is 2.22. The van der Waals surface area contributed by atoms with Crippen molar-refractivity contribution in [1.82, 2.24) is 5.32 Å². The molecule has 0 unspecified atom stereocenters. The van der Waals surface area contributed by atoms with Crippen LogP contribution in [0, 0.1) is 0 Å². The van der Waals surface area contributed by atoms with Crippen molar-refractivity contribution in [1.29, 1.82) is 0 Å². The Bertz CT molecular complexity index is 631. The molecule has 2 N–H and O–H groups in total. The fourth-order valence-electron chi connectivity index (χ4n) is 3.03. The van der Waals surface area contributed by atoms with Gasteiger partial charge in [0.05, 0.1) is 6.10 Å². The highest BCUT2D eigenvalue weighted by atomic mass is 16.3. The Labute approximate surface area is 131 Å². The zero-order valence-electron chi connectivity index (χ0n) is 12.5. The molecule has 1 amide bonds. The van der Waals surface area contributed by atoms with E-state index in [1.807, 2.05) is 54.6 Å². The maximum Gasteiger partial charge on any atom is 0.252 e. The number of carbonyl (C=O) groups excluding carboxylic acids is 1. The van der Waals surface area contributed by atoms with Crippen LogP contribution in [0.3, 0.4) is 0 Å². The van der Waals surface area contributed by atoms with Crippen molar-refractivity contribution in [3.8, 4) is 11.1 Å². The van der Waals surface area contributed by atoms with Gasteiger partial charge in [-0.3, -0.25) is 4.79 Å². The van der Waals surface area contributed by atoms with E-state index in [-0.39, 0.29) is 18.1 Å². The Morgan fingerprint density at radius 1 is 0.909 bits per heavy atom. The third kappa shape index (κ3) is 3.37. The van der Waals surface area contributed by atoms with Crippen molar-refractivity contribution in [2.24, 2.45) is 0 Å². The number of aliphatic hydroxyl groups is 1. The largest absolute Gasteiger partial charge is 0.393 e. The number of amides is 1. The molecule has 0 aliphatic heterocycles. The molecule has 1 aliphatic rings. The highest BCUT2D eigenvalue weighted by Crippen LogP contribution is 2.24. The van der Waals surface area contributed by atoms with E-state index in [0.29, 0.717) is 5.56 Å². The molecular formula is C19H21NO2. The Kier molecular flexibility index (Phi) is 4.54. The predicted molar refractivity (Wildman–Crippen MR) is 87.6 cm³/mol. The molecule has 0 atom stereocenters. The van der Waals surface area contributed by atoms with Gasteiger partial charge in [0.1, 0.15) is 0 Å². The summed E-state index contributed by atoms with van der Waals surface area (Å²) in [6.07, 6.45) is 3.03. The maximum atomic E-state index is 12.6. The Hall–Kier alpha value is -2.13. The van der Waals surface area contributed by atoms with Gasteiger partial charge in [0.2, 0.25) is 0 Å². The standard InChI is InChI=1S/C19H21NO2/c21-16-12-10-15(11-13-16)20-19(22)18-9-5-4-8-17(18)14-6-2-1-3-7-14/h1-9,15-16,21H,10-13H2,(H,20,22). The van der Waals surface area contributed by atoms with Crippen LogP contribution >= 0.6 is 0 Å². The van der Waals surface area contributed by atoms with Crippen molar-refractivity contribution >= 4 is 5.91 Å². The molecule has 3 nitrogen and oxygen atoms in total. The van der Waals surface area contributed by atoms with Crippen LogP contribution in [0.25, 0.3) is 11.1 Å². The molecular weight excluding hydrogens is 274 g/mol. The summed E-state index contributed by atoms with van der Waals surface area (Å²) >= 11 is 0. The second-order valence-corrected chi connectivity index (χ2v) is 5.89. The van der Waals surface area contributed by atoms with Crippen molar-refractivity contribution in [2.75, 3.05) is 0 Å². The van der Waals surface area contributed by atoms with Crippen LogP contribution in [0.1, 0.15) is 36.0 Å². The molecule has 0 heterocycles. The molecule has 22 heavy (non-hydrogen) atoms. The molecule has 0 bridgehead atoms. The summed E-state index contributed by atoms with van der Waals surface area (Å²) in [4.78, 5) is 12.6. The monoisotopic (exact) mass is 295 g/mol. The van der Waals surface area contributed by atoms with Gasteiger partial charge in [0, 0.05) is 11.6 Å². The first-order valence-electron chi connectivity index (χ1n) is 7.87. The average molecular weight is 295 g/mol. The van der Waals surface area contributed by atoms with Crippen molar-refractivity contribution < 1.29 is 9.90 Å². The van der Waals surface area contributed by atoms with Crippen LogP contribution in [-0.4, -0.2) is 23.2 Å². The van der Waals surface area contributed by atoms with Gasteiger partial charge >= 0.3 is 0 Å². The number of hydrogen-bond acceptors (Lipinski definition) is 2. The van der Waals surface area contributed by atoms with E-state index in [9.17, 15) is 9.90 Å². The number of hydrogen-bond donors (Lipinski definition) is 2. The minimum atomic E-state index is -0.204. The molecule has 3 heteroatoms. The van der Waals surface area contributed by atoms with Gasteiger partial charge in [0.15, 0.2) is 0 Å². The number of nitrogens with one attached hydrogen (secondary N) is 1. The summed E-state index contributed by atoms with van der Waals surface area (Å²) in [5.74, 6) is -0.0270. The first-order valence-corrected chi connectivity index (χ1v) is 7.87. The van der Waals surface area contributed by atoms with Gasteiger partial charge in [0.25, 0.3) is 5.91 Å². The van der Waals surface area contributed by atoms with Crippen molar-refractivity contribution in [3.63, 3.8) is 0 Å². The van der Waals surface area contributed by atoms with E-state index in [4.69, 9.17) is 0 Å². The molecule has 3 rings (SSSR count). The van der Waals surface area contributed by atoms with Crippen LogP contribution in [0.4, 0.5) is 0 Å². The lowest BCUT2D eigenvalue weighted by molar-refractivity contribution is 0.0868. The molecule has 2 aromatic rings. The fourth-order valence-corrected chi connectivity index (χ4v) is 3.03. The van der Waals surface area contributed by atoms with E-state index in [1.54, 1.807) is 0 Å². The van der Waals surface area contributed by atoms with Crippen LogP contribution in [0.2, 0.25) is 0 Å². The van der Waals surface area contributed by atoms with Gasteiger partial charge in [-0.15, -0.1) is 0 Å². The van der Waals surface area contributed by atoms with E-state index < -0.39 is 0 Å². The van der Waals surface area contributed by atoms with E-state index in [2.05, 4.69) is 5.32 Å². The van der Waals surface area contributed by atoms with Crippen LogP contribution in [0.5, 0.6) is 0 Å². The lowest BCUT2D eigenvalue weighted by Crippen LogP contribution is -2.38. The van der Waals surface area contributed by atoms with E-state index in [1.165, 1.54) is 0 Å². The summed E-state index contributed by atoms with van der Waals surface area (Å²) in [6, 6.07) is 17.8. The van der Waals surface area contributed by atoms with Gasteiger partial charge < -0.3 is 10.4 Å². The zero-order valence-corrected chi connectivity index (χ0v) is 12.5. The minimum absolute atomic E-state index is 0.0270. The number of rotatable bonds is 3. The molecule has 2 aromatic carbocycles. The zero-order chi connectivity index (χ0) is 15.4. The summed E-state index contributed by atoms with van der Waals surface area (Å²) in [5.41, 5.74) is 2.71. The molecule has 1 aliphatic carbocycles. The van der Waals surface area contributed by atoms with Crippen LogP contribution in [0.15, 0.2) is 54.6 Å². The molecule has 1 saturated carbocycles. The molecule has 0 saturated heterocycles. The third-order valence-electron chi connectivity index (χ3n) is 4.29. The molecule has 0 radical (unpaired) electrons. The normalized spacial score (nSPS) is 21.3. The summed E-state index contributed by atoms with van der Waals surface area (Å²) in [5, 5.41) is 12.7. The maximum absolute atomic E-state index is 12.6. The van der Waals surface area contributed by atoms with Crippen molar-refractivity contribution in [2.45, 2.75) is 37.8 Å². The van der Waals surface area contributed by atoms with Crippen LogP contribution < -0.4 is 5.32 Å². The second-order valence-electron chi connectivity index (χ2n) is 5.89. The Balaban J connectivity index is 1.78. The molecule has 0 aromatic heterocycles. The lowest BCUT2D eigenvalue weighted by Gasteiger charge is -2.26. The van der Waals surface area contributed by atoms with Gasteiger partial charge in [-0.25, -0.2) is 0 Å². The Morgan fingerprint density at radius 2 is 1.55 bits per heavy atom. The predicted octanol–water partition coefficient (Wildman–Crippen LogP) is 3.39. The quantitative estimate of drug-likeness (QED) is 0.912. The molecule has 1 fully saturated rings. The second kappa shape index (κ2) is 6.75. The van der Waals surface area contributed by atoms with Gasteiger partial charge in [-0.2, -0.15) is 0 Å². The topological polar surface area (TPSA) is 49.3 Å². The number of benzene rings is 2. The van der Waals surface area contributed by atoms with Gasteiger partial charge in [-0.05, 0) is 42.9 Å². The Morgan fingerprint density at radius 3 is 2.27 bits per heavy atom. The van der Waals surface area contributed by atoms with E-state index >= 15 is 0 Å². The van der Waals surface area contributed by atoms with E-state index in [0.717, 1.165) is 36.8 Å². The van der Waals surface area contributed by atoms with Crippen LogP contribution in [-0.2, 0) is 0 Å². The summed E-state index contributed by atoms with van der Waals surface area (Å²) in [7, 11) is 0. The smallest absolute Gasteiger partial charge is 0.252 e.